The van der Waals surface area contributed by atoms with Crippen LogP contribution in [0, 0.1) is 0 Å². The molecule has 0 aliphatic heterocycles. The molecule has 0 bridgehead atoms. The summed E-state index contributed by atoms with van der Waals surface area (Å²) in [5.41, 5.74) is 5.16. The number of aromatic carboxylic acids is 1. The molecule has 3 aromatic rings. The second-order valence-corrected chi connectivity index (χ2v) is 6.00. The van der Waals surface area contributed by atoms with Gasteiger partial charge in [-0.25, -0.2) is 4.79 Å². The van der Waals surface area contributed by atoms with Crippen LogP contribution in [0.5, 0.6) is 0 Å². The van der Waals surface area contributed by atoms with Crippen molar-refractivity contribution in [1.82, 2.24) is 0 Å². The van der Waals surface area contributed by atoms with E-state index in [0.29, 0.717) is 5.56 Å². The molecule has 2 nitrogen and oxygen atoms in total. The summed E-state index contributed by atoms with van der Waals surface area (Å²) >= 11 is 1.70. The average Bonchev–Trinajstić information content (AvgIpc) is 3.08. The van der Waals surface area contributed by atoms with Gasteiger partial charge in [-0.2, -0.15) is 11.3 Å². The third-order valence-corrected chi connectivity index (χ3v) is 4.34. The van der Waals surface area contributed by atoms with Gasteiger partial charge in [-0.05, 0) is 64.1 Å². The monoisotopic (exact) mass is 308 g/mol. The molecule has 0 amide bonds. The fourth-order valence-electron chi connectivity index (χ4n) is 2.48. The Hall–Kier alpha value is -2.39. The Bertz CT molecular complexity index is 776. The minimum Gasteiger partial charge on any atom is -0.478 e. The predicted octanol–water partition coefficient (Wildman–Crippen LogP) is 4.90. The van der Waals surface area contributed by atoms with Gasteiger partial charge in [0.25, 0.3) is 0 Å². The van der Waals surface area contributed by atoms with Crippen LogP contribution in [0.3, 0.4) is 0 Å². The Morgan fingerprint density at radius 1 is 0.909 bits per heavy atom. The van der Waals surface area contributed by atoms with Crippen LogP contribution in [0.1, 0.15) is 21.5 Å². The second-order valence-electron chi connectivity index (χ2n) is 5.22. The summed E-state index contributed by atoms with van der Waals surface area (Å²) < 4.78 is 0. The summed E-state index contributed by atoms with van der Waals surface area (Å²) in [5, 5.41) is 13.3. The molecule has 3 heteroatoms. The number of aryl methyl sites for hydroxylation is 2. The minimum atomic E-state index is -0.874. The zero-order chi connectivity index (χ0) is 15.4. The maximum atomic E-state index is 11.0. The number of carboxylic acid groups (broad SMARTS) is 1. The van der Waals surface area contributed by atoms with Crippen LogP contribution >= 0.6 is 11.3 Å². The highest BCUT2D eigenvalue weighted by Gasteiger charge is 2.04. The van der Waals surface area contributed by atoms with Crippen molar-refractivity contribution in [3.05, 3.63) is 82.0 Å². The number of hydrogen-bond acceptors (Lipinski definition) is 2. The molecule has 0 aliphatic rings. The molecule has 2 aromatic carbocycles. The van der Waals surface area contributed by atoms with Crippen molar-refractivity contribution >= 4 is 17.3 Å². The molecule has 0 atom stereocenters. The molecule has 0 spiro atoms. The van der Waals surface area contributed by atoms with Crippen molar-refractivity contribution in [2.24, 2.45) is 0 Å². The molecule has 3 rings (SSSR count). The Kier molecular flexibility index (Phi) is 4.35. The Morgan fingerprint density at radius 3 is 2.32 bits per heavy atom. The van der Waals surface area contributed by atoms with Crippen molar-refractivity contribution in [2.45, 2.75) is 12.8 Å². The fraction of sp³-hybridized carbons (Fsp3) is 0.105. The number of benzene rings is 2. The summed E-state index contributed by atoms with van der Waals surface area (Å²) in [6.07, 6.45) is 1.75. The molecule has 1 heterocycles. The first-order valence-corrected chi connectivity index (χ1v) is 8.10. The highest BCUT2D eigenvalue weighted by Crippen LogP contribution is 2.23. The molecule has 1 aromatic heterocycles. The standard InChI is InChI=1S/C19H16O2S/c20-19(21)17-6-2-4-15(12-17)8-7-14-3-1-5-16(11-14)18-9-10-22-13-18/h1-6,9-13H,7-8H2,(H,20,21). The molecule has 0 unspecified atom stereocenters. The van der Waals surface area contributed by atoms with E-state index in [1.165, 1.54) is 16.7 Å². The van der Waals surface area contributed by atoms with E-state index in [4.69, 9.17) is 5.11 Å². The maximum Gasteiger partial charge on any atom is 0.335 e. The Morgan fingerprint density at radius 2 is 1.64 bits per heavy atom. The largest absolute Gasteiger partial charge is 0.478 e. The fourth-order valence-corrected chi connectivity index (χ4v) is 3.15. The minimum absolute atomic E-state index is 0.351. The van der Waals surface area contributed by atoms with E-state index in [0.717, 1.165) is 18.4 Å². The number of thiophene rings is 1. The van der Waals surface area contributed by atoms with Crippen LogP contribution < -0.4 is 0 Å². The van der Waals surface area contributed by atoms with Gasteiger partial charge < -0.3 is 5.11 Å². The van der Waals surface area contributed by atoms with Gasteiger partial charge in [-0.3, -0.25) is 0 Å². The van der Waals surface area contributed by atoms with E-state index < -0.39 is 5.97 Å². The lowest BCUT2D eigenvalue weighted by molar-refractivity contribution is 0.0697. The molecular weight excluding hydrogens is 292 g/mol. The smallest absolute Gasteiger partial charge is 0.335 e. The van der Waals surface area contributed by atoms with E-state index in [1.807, 2.05) is 6.07 Å². The van der Waals surface area contributed by atoms with Crippen LogP contribution in [0.15, 0.2) is 65.4 Å². The van der Waals surface area contributed by atoms with E-state index in [1.54, 1.807) is 29.5 Å². The molecule has 1 N–H and O–H groups in total. The number of carboxylic acids is 1. The van der Waals surface area contributed by atoms with Crippen molar-refractivity contribution in [1.29, 1.82) is 0 Å². The molecule has 0 fully saturated rings. The van der Waals surface area contributed by atoms with Crippen molar-refractivity contribution < 1.29 is 9.90 Å². The lowest BCUT2D eigenvalue weighted by Crippen LogP contribution is -1.98. The van der Waals surface area contributed by atoms with Crippen molar-refractivity contribution in [3.8, 4) is 11.1 Å². The van der Waals surface area contributed by atoms with Crippen LogP contribution in [0.2, 0.25) is 0 Å². The molecule has 22 heavy (non-hydrogen) atoms. The summed E-state index contributed by atoms with van der Waals surface area (Å²) in [4.78, 5) is 11.0. The topological polar surface area (TPSA) is 37.3 Å². The van der Waals surface area contributed by atoms with E-state index >= 15 is 0 Å². The van der Waals surface area contributed by atoms with Gasteiger partial charge in [-0.1, -0.05) is 36.4 Å². The average molecular weight is 308 g/mol. The van der Waals surface area contributed by atoms with Gasteiger partial charge in [0.15, 0.2) is 0 Å². The van der Waals surface area contributed by atoms with Gasteiger partial charge in [0.05, 0.1) is 5.56 Å². The Balaban J connectivity index is 1.73. The van der Waals surface area contributed by atoms with Gasteiger partial charge in [0.2, 0.25) is 0 Å². The molecule has 0 saturated carbocycles. The first-order chi connectivity index (χ1) is 10.7. The molecule has 110 valence electrons. The SMILES string of the molecule is O=C(O)c1cccc(CCc2cccc(-c3ccsc3)c2)c1. The number of hydrogen-bond donors (Lipinski definition) is 1. The summed E-state index contributed by atoms with van der Waals surface area (Å²) in [7, 11) is 0. The molecule has 0 radical (unpaired) electrons. The first kappa shape index (κ1) is 14.5. The zero-order valence-corrected chi connectivity index (χ0v) is 12.8. The van der Waals surface area contributed by atoms with E-state index in [2.05, 4.69) is 41.1 Å². The summed E-state index contributed by atoms with van der Waals surface area (Å²) in [6, 6.07) is 17.8. The van der Waals surface area contributed by atoms with E-state index in [-0.39, 0.29) is 0 Å². The quantitative estimate of drug-likeness (QED) is 0.728. The van der Waals surface area contributed by atoms with Gasteiger partial charge >= 0.3 is 5.97 Å². The summed E-state index contributed by atoms with van der Waals surface area (Å²) in [6.45, 7) is 0. The molecule has 0 aliphatic carbocycles. The number of carbonyl (C=O) groups is 1. The summed E-state index contributed by atoms with van der Waals surface area (Å²) in [5.74, 6) is -0.874. The third-order valence-electron chi connectivity index (χ3n) is 3.66. The third kappa shape index (κ3) is 3.43. The van der Waals surface area contributed by atoms with Crippen molar-refractivity contribution in [2.75, 3.05) is 0 Å². The van der Waals surface area contributed by atoms with E-state index in [9.17, 15) is 4.79 Å². The van der Waals surface area contributed by atoms with Crippen molar-refractivity contribution in [3.63, 3.8) is 0 Å². The lowest BCUT2D eigenvalue weighted by atomic mass is 10.00. The van der Waals surface area contributed by atoms with Crippen LogP contribution in [-0.4, -0.2) is 11.1 Å². The van der Waals surface area contributed by atoms with Crippen LogP contribution in [-0.2, 0) is 12.8 Å². The van der Waals surface area contributed by atoms with Gasteiger partial charge in [0, 0.05) is 0 Å². The normalized spacial score (nSPS) is 10.5. The predicted molar refractivity (Wildman–Crippen MR) is 90.6 cm³/mol. The van der Waals surface area contributed by atoms with Crippen LogP contribution in [0.4, 0.5) is 0 Å². The Labute approximate surface area is 133 Å². The highest BCUT2D eigenvalue weighted by molar-refractivity contribution is 7.08. The maximum absolute atomic E-state index is 11.0. The molecule has 0 saturated heterocycles. The molecular formula is C19H16O2S. The number of rotatable bonds is 5. The lowest BCUT2D eigenvalue weighted by Gasteiger charge is -2.06. The zero-order valence-electron chi connectivity index (χ0n) is 12.0. The van der Waals surface area contributed by atoms with Gasteiger partial charge in [-0.15, -0.1) is 0 Å². The highest BCUT2D eigenvalue weighted by atomic mass is 32.1. The van der Waals surface area contributed by atoms with Crippen LogP contribution in [0.25, 0.3) is 11.1 Å². The second kappa shape index (κ2) is 6.58. The van der Waals surface area contributed by atoms with Gasteiger partial charge in [0.1, 0.15) is 0 Å². The first-order valence-electron chi connectivity index (χ1n) is 7.16.